The number of hydrogen-bond donors (Lipinski definition) is 4. The molecule has 0 heterocycles. The van der Waals surface area contributed by atoms with Crippen LogP contribution in [0.2, 0.25) is 0 Å². The molecular weight excluding hydrogens is 278 g/mol. The van der Waals surface area contributed by atoms with E-state index in [0.29, 0.717) is 5.69 Å². The van der Waals surface area contributed by atoms with Crippen LogP contribution in [0.5, 0.6) is 0 Å². The number of sulfonamides is 1. The highest BCUT2D eigenvalue weighted by Crippen LogP contribution is 2.32. The Balaban J connectivity index is 2.24. The molecule has 0 aromatic heterocycles. The Morgan fingerprint density at radius 1 is 1.25 bits per heavy atom. The molecule has 1 aromatic rings. The number of nitrogens with two attached hydrogens (primary N) is 2. The number of nitrogens with one attached hydrogen (secondary N) is 1. The average molecular weight is 299 g/mol. The summed E-state index contributed by atoms with van der Waals surface area (Å²) in [6.07, 6.45) is 5.09. The van der Waals surface area contributed by atoms with Gasteiger partial charge in [0.05, 0.1) is 17.8 Å². The van der Waals surface area contributed by atoms with Crippen LogP contribution in [0.15, 0.2) is 23.1 Å². The van der Waals surface area contributed by atoms with Crippen molar-refractivity contribution < 1.29 is 13.5 Å². The van der Waals surface area contributed by atoms with Gasteiger partial charge in [-0.15, -0.1) is 0 Å². The van der Waals surface area contributed by atoms with Crippen molar-refractivity contribution in [1.29, 1.82) is 0 Å². The Labute approximate surface area is 119 Å². The molecule has 0 bridgehead atoms. The number of aliphatic hydroxyl groups excluding tert-OH is 1. The molecule has 1 aliphatic carbocycles. The minimum absolute atomic E-state index is 0.0455. The maximum absolute atomic E-state index is 11.3. The van der Waals surface area contributed by atoms with Crippen LogP contribution in [-0.4, -0.2) is 25.7 Å². The number of benzene rings is 1. The van der Waals surface area contributed by atoms with Crippen molar-refractivity contribution in [3.05, 3.63) is 18.2 Å². The first-order valence-electron chi connectivity index (χ1n) is 6.68. The molecule has 1 saturated carbocycles. The van der Waals surface area contributed by atoms with Gasteiger partial charge >= 0.3 is 0 Å². The molecule has 2 rings (SSSR count). The van der Waals surface area contributed by atoms with Gasteiger partial charge in [0.1, 0.15) is 4.90 Å². The second-order valence-electron chi connectivity index (χ2n) is 5.42. The normalized spacial score (nSPS) is 18.7. The third kappa shape index (κ3) is 3.23. The maximum atomic E-state index is 11.3. The summed E-state index contributed by atoms with van der Waals surface area (Å²) >= 11 is 0. The van der Waals surface area contributed by atoms with Crippen molar-refractivity contribution in [1.82, 2.24) is 0 Å². The van der Waals surface area contributed by atoms with Gasteiger partial charge in [-0.3, -0.25) is 0 Å². The second kappa shape index (κ2) is 5.59. The van der Waals surface area contributed by atoms with Crippen LogP contribution in [-0.2, 0) is 10.0 Å². The lowest BCUT2D eigenvalue weighted by molar-refractivity contribution is 0.173. The Kier molecular flexibility index (Phi) is 4.22. The largest absolute Gasteiger partial charge is 0.398 e. The summed E-state index contributed by atoms with van der Waals surface area (Å²) in [7, 11) is -3.81. The molecule has 0 saturated heterocycles. The van der Waals surface area contributed by atoms with Crippen LogP contribution < -0.4 is 16.2 Å². The van der Waals surface area contributed by atoms with Crippen molar-refractivity contribution >= 4 is 21.4 Å². The smallest absolute Gasteiger partial charge is 0.240 e. The topological polar surface area (TPSA) is 118 Å². The van der Waals surface area contributed by atoms with Gasteiger partial charge in [0.25, 0.3) is 0 Å². The summed E-state index contributed by atoms with van der Waals surface area (Å²) < 4.78 is 22.6. The number of rotatable bonds is 4. The molecule has 6 nitrogen and oxygen atoms in total. The Bertz CT molecular complexity index is 581. The summed E-state index contributed by atoms with van der Waals surface area (Å²) in [5.74, 6) is 0. The van der Waals surface area contributed by atoms with Crippen molar-refractivity contribution in [3.8, 4) is 0 Å². The summed E-state index contributed by atoms with van der Waals surface area (Å²) in [5, 5.41) is 18.0. The van der Waals surface area contributed by atoms with Gasteiger partial charge in [0, 0.05) is 5.69 Å². The zero-order valence-corrected chi connectivity index (χ0v) is 12.1. The second-order valence-corrected chi connectivity index (χ2v) is 6.95. The van der Waals surface area contributed by atoms with E-state index < -0.39 is 10.0 Å². The van der Waals surface area contributed by atoms with Crippen LogP contribution in [0.25, 0.3) is 0 Å². The van der Waals surface area contributed by atoms with Gasteiger partial charge in [0.2, 0.25) is 10.0 Å². The van der Waals surface area contributed by atoms with Crippen LogP contribution in [0.4, 0.5) is 11.4 Å². The third-order valence-corrected chi connectivity index (χ3v) is 4.82. The number of primary sulfonamides is 1. The van der Waals surface area contributed by atoms with Crippen LogP contribution in [0, 0.1) is 0 Å². The third-order valence-electron chi connectivity index (χ3n) is 3.84. The Hall–Kier alpha value is -1.31. The van der Waals surface area contributed by atoms with Gasteiger partial charge in [0.15, 0.2) is 0 Å². The summed E-state index contributed by atoms with van der Waals surface area (Å²) in [6.45, 7) is 0.0455. The minimum atomic E-state index is -3.81. The SMILES string of the molecule is Nc1cc(NC2(CO)CCCCC2)ccc1S(N)(=O)=O. The molecule has 0 amide bonds. The molecular formula is C13H21N3O3S. The molecule has 6 N–H and O–H groups in total. The summed E-state index contributed by atoms with van der Waals surface area (Å²) in [5.41, 5.74) is 6.21. The molecule has 112 valence electrons. The van der Waals surface area contributed by atoms with Gasteiger partial charge in [-0.05, 0) is 31.0 Å². The zero-order valence-electron chi connectivity index (χ0n) is 11.3. The lowest BCUT2D eigenvalue weighted by atomic mass is 9.82. The summed E-state index contributed by atoms with van der Waals surface area (Å²) in [4.78, 5) is -0.0789. The van der Waals surface area contributed by atoms with E-state index in [4.69, 9.17) is 10.9 Å². The van der Waals surface area contributed by atoms with Crippen LogP contribution >= 0.6 is 0 Å². The number of anilines is 2. The fourth-order valence-corrected chi connectivity index (χ4v) is 3.39. The number of hydrogen-bond acceptors (Lipinski definition) is 5. The van der Waals surface area contributed by atoms with E-state index in [1.54, 1.807) is 12.1 Å². The van der Waals surface area contributed by atoms with Crippen molar-refractivity contribution in [3.63, 3.8) is 0 Å². The first-order chi connectivity index (χ1) is 9.36. The van der Waals surface area contributed by atoms with Gasteiger partial charge in [-0.2, -0.15) is 0 Å². The monoisotopic (exact) mass is 299 g/mol. The van der Waals surface area contributed by atoms with Crippen molar-refractivity contribution in [2.75, 3.05) is 17.7 Å². The van der Waals surface area contributed by atoms with E-state index in [0.717, 1.165) is 25.7 Å². The molecule has 1 aliphatic rings. The molecule has 0 aliphatic heterocycles. The minimum Gasteiger partial charge on any atom is -0.398 e. The zero-order chi connectivity index (χ0) is 14.8. The van der Waals surface area contributed by atoms with Gasteiger partial charge in [-0.25, -0.2) is 13.6 Å². The molecule has 0 spiro atoms. The quantitative estimate of drug-likeness (QED) is 0.619. The Morgan fingerprint density at radius 3 is 2.40 bits per heavy atom. The summed E-state index contributed by atoms with van der Waals surface area (Å²) in [6, 6.07) is 4.56. The highest BCUT2D eigenvalue weighted by atomic mass is 32.2. The highest BCUT2D eigenvalue weighted by Gasteiger charge is 2.31. The lowest BCUT2D eigenvalue weighted by Gasteiger charge is -2.37. The molecule has 7 heteroatoms. The van der Waals surface area contributed by atoms with E-state index in [-0.39, 0.29) is 22.7 Å². The fraction of sp³-hybridized carbons (Fsp3) is 0.538. The molecule has 1 fully saturated rings. The van der Waals surface area contributed by atoms with Gasteiger partial charge in [-0.1, -0.05) is 19.3 Å². The van der Waals surface area contributed by atoms with Gasteiger partial charge < -0.3 is 16.2 Å². The average Bonchev–Trinajstić information content (AvgIpc) is 2.38. The molecule has 20 heavy (non-hydrogen) atoms. The van der Waals surface area contributed by atoms with E-state index in [2.05, 4.69) is 5.32 Å². The van der Waals surface area contributed by atoms with E-state index in [1.165, 1.54) is 12.5 Å². The maximum Gasteiger partial charge on any atom is 0.240 e. The standard InChI is InChI=1S/C13H21N3O3S/c14-11-8-10(4-5-12(11)20(15,18)19)16-13(9-17)6-2-1-3-7-13/h4-5,8,16-17H,1-3,6-7,9,14H2,(H2,15,18,19). The molecule has 0 radical (unpaired) electrons. The van der Waals surface area contributed by atoms with E-state index in [1.807, 2.05) is 0 Å². The lowest BCUT2D eigenvalue weighted by Crippen LogP contribution is -2.43. The molecule has 0 unspecified atom stereocenters. The predicted molar refractivity (Wildman–Crippen MR) is 78.8 cm³/mol. The van der Waals surface area contributed by atoms with E-state index >= 15 is 0 Å². The highest BCUT2D eigenvalue weighted by molar-refractivity contribution is 7.89. The van der Waals surface area contributed by atoms with E-state index in [9.17, 15) is 13.5 Å². The predicted octanol–water partition coefficient (Wildman–Crippen LogP) is 1.02. The van der Waals surface area contributed by atoms with Crippen molar-refractivity contribution in [2.24, 2.45) is 5.14 Å². The number of aliphatic hydroxyl groups is 1. The van der Waals surface area contributed by atoms with Crippen LogP contribution in [0.1, 0.15) is 32.1 Å². The number of nitrogen functional groups attached to an aromatic ring is 1. The fourth-order valence-electron chi connectivity index (χ4n) is 2.74. The molecule has 0 atom stereocenters. The Morgan fingerprint density at radius 2 is 1.90 bits per heavy atom. The first kappa shape index (κ1) is 15.1. The molecule has 1 aromatic carbocycles. The van der Waals surface area contributed by atoms with Crippen molar-refractivity contribution in [2.45, 2.75) is 42.5 Å². The van der Waals surface area contributed by atoms with Crippen LogP contribution in [0.3, 0.4) is 0 Å². The first-order valence-corrected chi connectivity index (χ1v) is 8.22.